The van der Waals surface area contributed by atoms with Crippen molar-refractivity contribution < 1.29 is 9.53 Å². The monoisotopic (exact) mass is 482 g/mol. The van der Waals surface area contributed by atoms with Crippen molar-refractivity contribution in [3.8, 4) is 5.69 Å². The van der Waals surface area contributed by atoms with Crippen LogP contribution in [0.2, 0.25) is 0 Å². The number of rotatable bonds is 5. The van der Waals surface area contributed by atoms with Gasteiger partial charge in [0.2, 0.25) is 0 Å². The molecule has 1 aliphatic heterocycles. The molecule has 2 atom stereocenters. The zero-order valence-electron chi connectivity index (χ0n) is 19.8. The smallest absolute Gasteiger partial charge is 0.339 e. The van der Waals surface area contributed by atoms with Crippen LogP contribution in [0.15, 0.2) is 85.2 Å². The van der Waals surface area contributed by atoms with Crippen LogP contribution < -0.4 is 10.2 Å². The molecule has 0 amide bonds. The zero-order chi connectivity index (χ0) is 24.5. The van der Waals surface area contributed by atoms with Crippen molar-refractivity contribution in [2.45, 2.75) is 25.9 Å². The first-order chi connectivity index (χ1) is 17.0. The van der Waals surface area contributed by atoms with Gasteiger partial charge in [-0.1, -0.05) is 24.3 Å². The molecule has 4 aromatic rings. The van der Waals surface area contributed by atoms with Gasteiger partial charge >= 0.3 is 5.97 Å². The van der Waals surface area contributed by atoms with E-state index in [2.05, 4.69) is 53.3 Å². The molecule has 7 heteroatoms. The number of carbonyl (C=O) groups is 1. The van der Waals surface area contributed by atoms with Crippen LogP contribution in [0.5, 0.6) is 0 Å². The van der Waals surface area contributed by atoms with Gasteiger partial charge in [0.15, 0.2) is 5.11 Å². The van der Waals surface area contributed by atoms with Crippen molar-refractivity contribution in [2.24, 2.45) is 0 Å². The lowest BCUT2D eigenvalue weighted by molar-refractivity contribution is 0.0600. The highest BCUT2D eigenvalue weighted by atomic mass is 32.1. The molecule has 1 saturated heterocycles. The number of carbonyl (C=O) groups excluding carboxylic acids is 1. The number of hydrogen-bond acceptors (Lipinski definition) is 4. The summed E-state index contributed by atoms with van der Waals surface area (Å²) in [4.78, 5) is 19.4. The summed E-state index contributed by atoms with van der Waals surface area (Å²) in [6, 6.07) is 23.4. The zero-order valence-corrected chi connectivity index (χ0v) is 20.6. The number of pyridine rings is 1. The molecule has 0 saturated carbocycles. The minimum absolute atomic E-state index is 0.191. The average Bonchev–Trinajstić information content (AvgIpc) is 3.50. The van der Waals surface area contributed by atoms with Crippen LogP contribution in [0.1, 0.15) is 45.0 Å². The topological polar surface area (TPSA) is 59.4 Å². The van der Waals surface area contributed by atoms with E-state index < -0.39 is 0 Å². The summed E-state index contributed by atoms with van der Waals surface area (Å²) in [5.74, 6) is -0.382. The normalized spacial score (nSPS) is 17.3. The fraction of sp³-hybridized carbons (Fsp3) is 0.179. The number of nitrogens with one attached hydrogen (secondary N) is 1. The van der Waals surface area contributed by atoms with Gasteiger partial charge in [0.25, 0.3) is 0 Å². The van der Waals surface area contributed by atoms with Crippen LogP contribution in [0, 0.1) is 13.8 Å². The summed E-state index contributed by atoms with van der Waals surface area (Å²) in [6.45, 7) is 4.20. The Bertz CT molecular complexity index is 1400. The second kappa shape index (κ2) is 9.35. The Morgan fingerprint density at radius 2 is 1.80 bits per heavy atom. The maximum atomic E-state index is 12.6. The number of methoxy groups -OCH3 is 1. The van der Waals surface area contributed by atoms with Gasteiger partial charge in [-0.2, -0.15) is 0 Å². The molecule has 0 unspecified atom stereocenters. The summed E-state index contributed by atoms with van der Waals surface area (Å²) in [5, 5.41) is 4.14. The molecular formula is C28H26N4O2S. The van der Waals surface area contributed by atoms with Crippen LogP contribution in [0.3, 0.4) is 0 Å². The SMILES string of the molecule is COC(=O)c1ccccc1-n1cccc1[C@H]1[C@H](c2ccccn2)NC(=S)N1c1ccc(C)c(C)c1. The Kier molecular flexibility index (Phi) is 6.09. The third-order valence-corrected chi connectivity index (χ3v) is 6.83. The molecule has 1 aliphatic rings. The molecule has 176 valence electrons. The highest BCUT2D eigenvalue weighted by Crippen LogP contribution is 2.42. The van der Waals surface area contributed by atoms with Crippen LogP contribution >= 0.6 is 12.2 Å². The second-order valence-electron chi connectivity index (χ2n) is 8.58. The van der Waals surface area contributed by atoms with Gasteiger partial charge in [-0.3, -0.25) is 4.98 Å². The predicted octanol–water partition coefficient (Wildman–Crippen LogP) is 5.45. The number of anilines is 1. The molecular weight excluding hydrogens is 456 g/mol. The van der Waals surface area contributed by atoms with Gasteiger partial charge in [-0.25, -0.2) is 4.79 Å². The lowest BCUT2D eigenvalue weighted by Crippen LogP contribution is -2.30. The van der Waals surface area contributed by atoms with Gasteiger partial charge in [-0.15, -0.1) is 0 Å². The van der Waals surface area contributed by atoms with E-state index >= 15 is 0 Å². The number of thiocarbonyl (C=S) groups is 1. The van der Waals surface area contributed by atoms with Gasteiger partial charge in [0.1, 0.15) is 6.04 Å². The molecule has 5 rings (SSSR count). The third kappa shape index (κ3) is 4.08. The first-order valence-electron chi connectivity index (χ1n) is 11.4. The van der Waals surface area contributed by atoms with Crippen molar-refractivity contribution in [3.63, 3.8) is 0 Å². The maximum absolute atomic E-state index is 12.6. The van der Waals surface area contributed by atoms with E-state index in [1.807, 2.05) is 53.2 Å². The number of nitrogens with zero attached hydrogens (tertiary/aromatic N) is 3. The van der Waals surface area contributed by atoms with Crippen LogP contribution in [0.4, 0.5) is 5.69 Å². The number of aromatic nitrogens is 2. The van der Waals surface area contributed by atoms with Crippen LogP contribution in [0.25, 0.3) is 5.69 Å². The summed E-state index contributed by atoms with van der Waals surface area (Å²) in [7, 11) is 1.40. The van der Waals surface area contributed by atoms with E-state index in [1.54, 1.807) is 12.3 Å². The van der Waals surface area contributed by atoms with Crippen molar-refractivity contribution >= 4 is 29.0 Å². The van der Waals surface area contributed by atoms with Crippen LogP contribution in [-0.4, -0.2) is 27.7 Å². The number of para-hydroxylation sites is 1. The van der Waals surface area contributed by atoms with Gasteiger partial charge < -0.3 is 19.5 Å². The predicted molar refractivity (Wildman–Crippen MR) is 141 cm³/mol. The van der Waals surface area contributed by atoms with E-state index in [9.17, 15) is 4.79 Å². The second-order valence-corrected chi connectivity index (χ2v) is 8.96. The highest BCUT2D eigenvalue weighted by molar-refractivity contribution is 7.80. The summed E-state index contributed by atoms with van der Waals surface area (Å²) < 4.78 is 7.10. The van der Waals surface area contributed by atoms with Crippen LogP contribution in [-0.2, 0) is 4.74 Å². The molecule has 2 aromatic heterocycles. The van der Waals surface area contributed by atoms with E-state index in [-0.39, 0.29) is 18.1 Å². The minimum Gasteiger partial charge on any atom is -0.465 e. The molecule has 3 heterocycles. The Morgan fingerprint density at radius 1 is 1.00 bits per heavy atom. The lowest BCUT2D eigenvalue weighted by Gasteiger charge is -2.29. The molecule has 0 bridgehead atoms. The Hall–Kier alpha value is -3.97. The summed E-state index contributed by atoms with van der Waals surface area (Å²) in [6.07, 6.45) is 3.76. The van der Waals surface area contributed by atoms with Gasteiger partial charge in [-0.05, 0) is 85.7 Å². The van der Waals surface area contributed by atoms with Crippen molar-refractivity contribution in [1.29, 1.82) is 0 Å². The van der Waals surface area contributed by atoms with Crippen molar-refractivity contribution in [2.75, 3.05) is 12.0 Å². The van der Waals surface area contributed by atoms with E-state index in [1.165, 1.54) is 18.2 Å². The van der Waals surface area contributed by atoms with E-state index in [0.717, 1.165) is 22.8 Å². The van der Waals surface area contributed by atoms with Gasteiger partial charge in [0.05, 0.1) is 30.1 Å². The molecule has 0 aliphatic carbocycles. The fourth-order valence-electron chi connectivity index (χ4n) is 4.63. The van der Waals surface area contributed by atoms with Gasteiger partial charge in [0, 0.05) is 23.8 Å². The minimum atomic E-state index is -0.382. The fourth-order valence-corrected chi connectivity index (χ4v) is 4.98. The van der Waals surface area contributed by atoms with Crippen molar-refractivity contribution in [3.05, 3.63) is 113 Å². The Balaban J connectivity index is 1.70. The lowest BCUT2D eigenvalue weighted by atomic mass is 9.99. The number of ether oxygens (including phenoxy) is 1. The molecule has 1 N–H and O–H groups in total. The van der Waals surface area contributed by atoms with E-state index in [0.29, 0.717) is 10.7 Å². The first kappa shape index (κ1) is 22.8. The maximum Gasteiger partial charge on any atom is 0.339 e. The third-order valence-electron chi connectivity index (χ3n) is 6.52. The average molecular weight is 483 g/mol. The number of benzene rings is 2. The molecule has 1 fully saturated rings. The largest absolute Gasteiger partial charge is 0.465 e. The standard InChI is InChI=1S/C28H26N4O2S/c1-18-13-14-20(17-19(18)2)32-26(25(30-28(32)35)22-10-6-7-15-29-22)24-12-8-16-31(24)23-11-5-4-9-21(23)27(33)34-3/h4-17,25-26H,1-3H3,(H,30,35)/t25-,26-/m0/s1. The Morgan fingerprint density at radius 3 is 2.54 bits per heavy atom. The summed E-state index contributed by atoms with van der Waals surface area (Å²) in [5.41, 5.74) is 6.52. The quantitative estimate of drug-likeness (QED) is 0.301. The summed E-state index contributed by atoms with van der Waals surface area (Å²) >= 11 is 5.88. The number of hydrogen-bond donors (Lipinski definition) is 1. The first-order valence-corrected chi connectivity index (χ1v) is 11.8. The Labute approximate surface area is 210 Å². The molecule has 0 radical (unpaired) electrons. The van der Waals surface area contributed by atoms with Crippen molar-refractivity contribution in [1.82, 2.24) is 14.9 Å². The molecule has 2 aromatic carbocycles. The van der Waals surface area contributed by atoms with E-state index in [4.69, 9.17) is 17.0 Å². The number of aryl methyl sites for hydroxylation is 2. The number of esters is 1. The molecule has 0 spiro atoms. The highest BCUT2D eigenvalue weighted by Gasteiger charge is 2.42. The molecule has 6 nitrogen and oxygen atoms in total. The molecule has 35 heavy (non-hydrogen) atoms.